The smallest absolute Gasteiger partial charge is 0.317 e. The van der Waals surface area contributed by atoms with Crippen molar-refractivity contribution in [1.29, 1.82) is 0 Å². The summed E-state index contributed by atoms with van der Waals surface area (Å²) in [7, 11) is 1.87. The molecule has 0 aromatic heterocycles. The van der Waals surface area contributed by atoms with Crippen LogP contribution in [0, 0.1) is 0 Å². The van der Waals surface area contributed by atoms with Crippen molar-refractivity contribution in [1.82, 2.24) is 15.1 Å². The Hall–Kier alpha value is -2.37. The summed E-state index contributed by atoms with van der Waals surface area (Å²) in [4.78, 5) is 16.7. The van der Waals surface area contributed by atoms with Gasteiger partial charge in [0.2, 0.25) is 0 Å². The van der Waals surface area contributed by atoms with Crippen molar-refractivity contribution in [3.8, 4) is 0 Å². The van der Waals surface area contributed by atoms with Crippen molar-refractivity contribution in [2.24, 2.45) is 0 Å². The zero-order chi connectivity index (χ0) is 18.4. The standard InChI is InChI=1S/C21H27N3O2/c1-23(21(26)22-13-18-8-5-9-19(12-18)16-25)20-10-11-24(15-20)14-17-6-3-2-4-7-17/h2-9,12,20,25H,10-11,13-16H2,1H3,(H,22,26). The molecular formula is C21H27N3O2. The monoisotopic (exact) mass is 353 g/mol. The molecular weight excluding hydrogens is 326 g/mol. The second-order valence-electron chi connectivity index (χ2n) is 6.91. The highest BCUT2D eigenvalue weighted by molar-refractivity contribution is 5.74. The van der Waals surface area contributed by atoms with Crippen LogP contribution >= 0.6 is 0 Å². The van der Waals surface area contributed by atoms with Crippen LogP contribution in [0.2, 0.25) is 0 Å². The number of benzene rings is 2. The molecule has 0 bridgehead atoms. The topological polar surface area (TPSA) is 55.8 Å². The molecule has 5 nitrogen and oxygen atoms in total. The Kier molecular flexibility index (Phi) is 6.26. The third kappa shape index (κ3) is 4.84. The van der Waals surface area contributed by atoms with Crippen LogP contribution in [-0.4, -0.2) is 47.1 Å². The number of nitrogens with zero attached hydrogens (tertiary/aromatic N) is 2. The van der Waals surface area contributed by atoms with Crippen molar-refractivity contribution in [2.75, 3.05) is 20.1 Å². The van der Waals surface area contributed by atoms with E-state index in [9.17, 15) is 9.90 Å². The van der Waals surface area contributed by atoms with E-state index < -0.39 is 0 Å². The first-order chi connectivity index (χ1) is 12.7. The van der Waals surface area contributed by atoms with Gasteiger partial charge in [0.1, 0.15) is 0 Å². The fourth-order valence-electron chi connectivity index (χ4n) is 3.42. The van der Waals surface area contributed by atoms with Gasteiger partial charge in [-0.2, -0.15) is 0 Å². The van der Waals surface area contributed by atoms with Crippen molar-refractivity contribution in [3.63, 3.8) is 0 Å². The van der Waals surface area contributed by atoms with E-state index in [0.29, 0.717) is 6.54 Å². The molecule has 2 amide bonds. The molecule has 5 heteroatoms. The lowest BCUT2D eigenvalue weighted by atomic mass is 10.1. The molecule has 2 N–H and O–H groups in total. The molecule has 0 aliphatic carbocycles. The zero-order valence-electron chi connectivity index (χ0n) is 15.3. The molecule has 2 aromatic carbocycles. The maximum atomic E-state index is 12.5. The molecule has 1 aliphatic rings. The number of urea groups is 1. The first kappa shape index (κ1) is 18.4. The summed E-state index contributed by atoms with van der Waals surface area (Å²) in [6.45, 7) is 3.33. The molecule has 1 saturated heterocycles. The summed E-state index contributed by atoms with van der Waals surface area (Å²) in [5, 5.41) is 12.2. The van der Waals surface area contributed by atoms with Gasteiger partial charge in [0, 0.05) is 39.3 Å². The number of likely N-dealkylation sites (N-methyl/N-ethyl adjacent to an activating group) is 1. The number of aliphatic hydroxyl groups excluding tert-OH is 1. The fraction of sp³-hybridized carbons (Fsp3) is 0.381. The highest BCUT2D eigenvalue weighted by atomic mass is 16.3. The number of carbonyl (C=O) groups excluding carboxylic acids is 1. The molecule has 2 aromatic rings. The van der Waals surface area contributed by atoms with Crippen molar-refractivity contribution < 1.29 is 9.90 Å². The third-order valence-electron chi connectivity index (χ3n) is 4.98. The van der Waals surface area contributed by atoms with Crippen LogP contribution in [0.5, 0.6) is 0 Å². The van der Waals surface area contributed by atoms with Crippen LogP contribution in [0.4, 0.5) is 4.79 Å². The van der Waals surface area contributed by atoms with Crippen LogP contribution in [0.1, 0.15) is 23.1 Å². The van der Waals surface area contributed by atoms with Gasteiger partial charge in [-0.15, -0.1) is 0 Å². The largest absolute Gasteiger partial charge is 0.392 e. The molecule has 0 saturated carbocycles. The molecule has 1 atom stereocenters. The second kappa shape index (κ2) is 8.83. The van der Waals surface area contributed by atoms with Gasteiger partial charge >= 0.3 is 6.03 Å². The zero-order valence-corrected chi connectivity index (χ0v) is 15.3. The number of amides is 2. The van der Waals surface area contributed by atoms with Crippen molar-refractivity contribution in [3.05, 3.63) is 71.3 Å². The van der Waals surface area contributed by atoms with E-state index in [1.807, 2.05) is 42.3 Å². The van der Waals surface area contributed by atoms with E-state index in [-0.39, 0.29) is 18.7 Å². The Bertz CT molecular complexity index is 720. The van der Waals surface area contributed by atoms with Crippen LogP contribution in [0.15, 0.2) is 54.6 Å². The first-order valence-corrected chi connectivity index (χ1v) is 9.11. The number of hydrogen-bond donors (Lipinski definition) is 2. The van der Waals surface area contributed by atoms with Gasteiger partial charge in [-0.3, -0.25) is 4.90 Å². The Morgan fingerprint density at radius 3 is 2.65 bits per heavy atom. The van der Waals surface area contributed by atoms with E-state index in [2.05, 4.69) is 34.5 Å². The minimum absolute atomic E-state index is 0.0149. The lowest BCUT2D eigenvalue weighted by molar-refractivity contribution is 0.188. The molecule has 1 aliphatic heterocycles. The van der Waals surface area contributed by atoms with Gasteiger partial charge in [-0.05, 0) is 23.1 Å². The van der Waals surface area contributed by atoms with Gasteiger partial charge in [0.15, 0.2) is 0 Å². The molecule has 0 radical (unpaired) electrons. The van der Waals surface area contributed by atoms with E-state index in [1.165, 1.54) is 5.56 Å². The van der Waals surface area contributed by atoms with Crippen LogP contribution in [0.25, 0.3) is 0 Å². The predicted octanol–water partition coefficient (Wildman–Crippen LogP) is 2.59. The number of hydrogen-bond acceptors (Lipinski definition) is 3. The van der Waals surface area contributed by atoms with E-state index in [0.717, 1.165) is 37.2 Å². The van der Waals surface area contributed by atoms with Gasteiger partial charge in [-0.25, -0.2) is 4.79 Å². The minimum Gasteiger partial charge on any atom is -0.392 e. The quantitative estimate of drug-likeness (QED) is 0.839. The molecule has 1 fully saturated rings. The van der Waals surface area contributed by atoms with Crippen LogP contribution in [0.3, 0.4) is 0 Å². The number of nitrogens with one attached hydrogen (secondary N) is 1. The predicted molar refractivity (Wildman–Crippen MR) is 102 cm³/mol. The Morgan fingerprint density at radius 2 is 1.88 bits per heavy atom. The summed E-state index contributed by atoms with van der Waals surface area (Å²) in [5.74, 6) is 0. The Balaban J connectivity index is 1.47. The third-order valence-corrected chi connectivity index (χ3v) is 4.98. The van der Waals surface area contributed by atoms with Crippen molar-refractivity contribution in [2.45, 2.75) is 32.2 Å². The highest BCUT2D eigenvalue weighted by Crippen LogP contribution is 2.17. The average Bonchev–Trinajstić information content (AvgIpc) is 3.15. The summed E-state index contributed by atoms with van der Waals surface area (Å²) in [5.41, 5.74) is 3.16. The SMILES string of the molecule is CN(C(=O)NCc1cccc(CO)c1)C1CCN(Cc2ccccc2)C1. The van der Waals surface area contributed by atoms with Crippen molar-refractivity contribution >= 4 is 6.03 Å². The van der Waals surface area contributed by atoms with Gasteiger partial charge in [0.25, 0.3) is 0 Å². The summed E-state index contributed by atoms with van der Waals surface area (Å²) < 4.78 is 0. The maximum Gasteiger partial charge on any atom is 0.317 e. The molecule has 138 valence electrons. The number of carbonyl (C=O) groups is 1. The minimum atomic E-state index is -0.0500. The molecule has 0 spiro atoms. The fourth-order valence-corrected chi connectivity index (χ4v) is 3.42. The van der Waals surface area contributed by atoms with Crippen LogP contribution < -0.4 is 5.32 Å². The first-order valence-electron chi connectivity index (χ1n) is 9.11. The second-order valence-corrected chi connectivity index (χ2v) is 6.91. The molecule has 1 heterocycles. The Labute approximate surface area is 155 Å². The average molecular weight is 353 g/mol. The highest BCUT2D eigenvalue weighted by Gasteiger charge is 2.28. The van der Waals surface area contributed by atoms with Gasteiger partial charge in [-0.1, -0.05) is 54.6 Å². The summed E-state index contributed by atoms with van der Waals surface area (Å²) in [6.07, 6.45) is 0.997. The summed E-state index contributed by atoms with van der Waals surface area (Å²) >= 11 is 0. The molecule has 26 heavy (non-hydrogen) atoms. The normalized spacial score (nSPS) is 17.2. The maximum absolute atomic E-state index is 12.5. The van der Waals surface area contributed by atoms with Gasteiger partial charge in [0.05, 0.1) is 6.61 Å². The number of aliphatic hydroxyl groups is 1. The van der Waals surface area contributed by atoms with E-state index >= 15 is 0 Å². The number of likely N-dealkylation sites (tertiary alicyclic amines) is 1. The van der Waals surface area contributed by atoms with E-state index in [1.54, 1.807) is 0 Å². The van der Waals surface area contributed by atoms with E-state index in [4.69, 9.17) is 0 Å². The Morgan fingerprint density at radius 1 is 1.15 bits per heavy atom. The summed E-state index contributed by atoms with van der Waals surface area (Å²) in [6, 6.07) is 18.3. The molecule has 3 rings (SSSR count). The van der Waals surface area contributed by atoms with Crippen LogP contribution in [-0.2, 0) is 19.7 Å². The molecule has 1 unspecified atom stereocenters. The lowest BCUT2D eigenvalue weighted by Gasteiger charge is -2.25. The number of rotatable bonds is 6. The lowest BCUT2D eigenvalue weighted by Crippen LogP contribution is -2.44. The van der Waals surface area contributed by atoms with Gasteiger partial charge < -0.3 is 15.3 Å².